The minimum absolute atomic E-state index is 0.0439. The van der Waals surface area contributed by atoms with E-state index in [2.05, 4.69) is 14.7 Å². The van der Waals surface area contributed by atoms with Crippen LogP contribution in [0.2, 0.25) is 5.02 Å². The molecule has 0 radical (unpaired) electrons. The third kappa shape index (κ3) is 5.00. The van der Waals surface area contributed by atoms with Crippen molar-refractivity contribution in [1.82, 2.24) is 14.7 Å². The summed E-state index contributed by atoms with van der Waals surface area (Å²) in [4.78, 5) is 20.0. The number of rotatable bonds is 8. The second kappa shape index (κ2) is 8.59. The van der Waals surface area contributed by atoms with Crippen molar-refractivity contribution in [2.45, 2.75) is 24.3 Å². The van der Waals surface area contributed by atoms with Crippen molar-refractivity contribution in [2.75, 3.05) is 0 Å². The van der Waals surface area contributed by atoms with Crippen LogP contribution in [0, 0.1) is 5.82 Å². The van der Waals surface area contributed by atoms with Gasteiger partial charge >= 0.3 is 0 Å². The fourth-order valence-electron chi connectivity index (χ4n) is 2.33. The van der Waals surface area contributed by atoms with Gasteiger partial charge in [-0.05, 0) is 29.8 Å². The molecule has 0 atom stereocenters. The first kappa shape index (κ1) is 20.1. The molecule has 2 heterocycles. The highest BCUT2D eigenvalue weighted by atomic mass is 35.5. The lowest BCUT2D eigenvalue weighted by atomic mass is 10.1. The van der Waals surface area contributed by atoms with E-state index in [4.69, 9.17) is 16.0 Å². The molecule has 7 nitrogen and oxygen atoms in total. The molecule has 0 amide bonds. The fraction of sp³-hybridized carbons (Fsp3) is 0.167. The normalized spacial score (nSPS) is 11.5. The topological polar surface area (TPSA) is 102 Å². The molecule has 1 aromatic carbocycles. The Bertz CT molecular complexity index is 1070. The van der Waals surface area contributed by atoms with E-state index in [0.29, 0.717) is 17.7 Å². The van der Waals surface area contributed by atoms with Gasteiger partial charge in [0.15, 0.2) is 12.2 Å². The predicted octanol–water partition coefficient (Wildman–Crippen LogP) is 3.16. The number of hydrogen-bond acceptors (Lipinski definition) is 6. The SMILES string of the molecule is O=C(CCc1cocn1)c1ccc(CNS(=O)(=O)c2ccc(F)c(Cl)c2)cn1. The summed E-state index contributed by atoms with van der Waals surface area (Å²) in [5.74, 6) is -0.857. The van der Waals surface area contributed by atoms with Crippen molar-refractivity contribution < 1.29 is 22.0 Å². The summed E-state index contributed by atoms with van der Waals surface area (Å²) in [6, 6.07) is 6.28. The number of nitrogens with one attached hydrogen (secondary N) is 1. The molecule has 2 aromatic heterocycles. The van der Waals surface area contributed by atoms with Crippen LogP contribution >= 0.6 is 11.6 Å². The van der Waals surface area contributed by atoms with Gasteiger partial charge in [-0.15, -0.1) is 0 Å². The predicted molar refractivity (Wildman–Crippen MR) is 98.8 cm³/mol. The average molecular weight is 424 g/mol. The van der Waals surface area contributed by atoms with Gasteiger partial charge in [0.05, 0.1) is 15.6 Å². The van der Waals surface area contributed by atoms with Crippen LogP contribution in [-0.2, 0) is 23.0 Å². The van der Waals surface area contributed by atoms with Crippen LogP contribution < -0.4 is 4.72 Å². The maximum atomic E-state index is 13.2. The third-order valence-electron chi connectivity index (χ3n) is 3.87. The summed E-state index contributed by atoms with van der Waals surface area (Å²) in [5.41, 5.74) is 1.52. The Hall–Kier alpha value is -2.62. The minimum atomic E-state index is -3.87. The van der Waals surface area contributed by atoms with Crippen LogP contribution in [0.1, 0.15) is 28.2 Å². The van der Waals surface area contributed by atoms with Crippen molar-refractivity contribution in [1.29, 1.82) is 0 Å². The highest BCUT2D eigenvalue weighted by molar-refractivity contribution is 7.89. The van der Waals surface area contributed by atoms with E-state index in [1.807, 2.05) is 0 Å². The lowest BCUT2D eigenvalue weighted by Crippen LogP contribution is -2.23. The average Bonchev–Trinajstić information content (AvgIpc) is 3.20. The molecule has 0 aliphatic carbocycles. The number of carbonyl (C=O) groups is 1. The second-order valence-corrected chi connectivity index (χ2v) is 8.03. The van der Waals surface area contributed by atoms with Crippen molar-refractivity contribution in [3.63, 3.8) is 0 Å². The first-order chi connectivity index (χ1) is 13.3. The van der Waals surface area contributed by atoms with Crippen LogP contribution in [0.5, 0.6) is 0 Å². The van der Waals surface area contributed by atoms with Gasteiger partial charge in [0, 0.05) is 25.6 Å². The summed E-state index contributed by atoms with van der Waals surface area (Å²) < 4.78 is 44.9. The molecule has 146 valence electrons. The van der Waals surface area contributed by atoms with E-state index >= 15 is 0 Å². The van der Waals surface area contributed by atoms with Gasteiger partial charge in [-0.25, -0.2) is 22.5 Å². The van der Waals surface area contributed by atoms with Crippen molar-refractivity contribution in [3.05, 3.63) is 77.0 Å². The molecule has 0 unspecified atom stereocenters. The number of aromatic nitrogens is 2. The number of sulfonamides is 1. The third-order valence-corrected chi connectivity index (χ3v) is 5.56. The zero-order valence-electron chi connectivity index (χ0n) is 14.4. The van der Waals surface area contributed by atoms with Crippen LogP contribution in [0.4, 0.5) is 4.39 Å². The highest BCUT2D eigenvalue weighted by Gasteiger charge is 2.16. The molecule has 3 aromatic rings. The number of Topliss-reactive ketones (excluding diaryl/α,β-unsaturated/α-hetero) is 1. The highest BCUT2D eigenvalue weighted by Crippen LogP contribution is 2.19. The Kier molecular flexibility index (Phi) is 6.18. The standard InChI is InChI=1S/C18H15ClFN3O4S/c19-15-7-14(3-4-16(15)20)28(25,26)23-9-12-1-5-17(21-8-12)18(24)6-2-13-10-27-11-22-13/h1,3-5,7-8,10-11,23H,2,6,9H2. The lowest BCUT2D eigenvalue weighted by molar-refractivity contribution is 0.0977. The summed E-state index contributed by atoms with van der Waals surface area (Å²) in [6.07, 6.45) is 4.87. The van der Waals surface area contributed by atoms with Crippen LogP contribution in [0.3, 0.4) is 0 Å². The number of nitrogens with zero attached hydrogens (tertiary/aromatic N) is 2. The first-order valence-corrected chi connectivity index (χ1v) is 10.0. The molecule has 0 aliphatic heterocycles. The summed E-state index contributed by atoms with van der Waals surface area (Å²) in [6.45, 7) is -0.0439. The van der Waals surface area contributed by atoms with E-state index in [1.54, 1.807) is 6.07 Å². The smallest absolute Gasteiger partial charge is 0.240 e. The quantitative estimate of drug-likeness (QED) is 0.558. The van der Waals surface area contributed by atoms with Gasteiger partial charge in [0.1, 0.15) is 17.8 Å². The van der Waals surface area contributed by atoms with Gasteiger partial charge in [0.2, 0.25) is 10.0 Å². The Morgan fingerprint density at radius 3 is 2.68 bits per heavy atom. The fourth-order valence-corrected chi connectivity index (χ4v) is 3.62. The Morgan fingerprint density at radius 1 is 1.21 bits per heavy atom. The first-order valence-electron chi connectivity index (χ1n) is 8.15. The van der Waals surface area contributed by atoms with E-state index in [-0.39, 0.29) is 34.4 Å². The van der Waals surface area contributed by atoms with Crippen molar-refractivity contribution >= 4 is 27.4 Å². The summed E-state index contributed by atoms with van der Waals surface area (Å²) >= 11 is 5.62. The van der Waals surface area contributed by atoms with E-state index in [0.717, 1.165) is 18.2 Å². The number of oxazole rings is 1. The molecule has 0 fully saturated rings. The molecule has 0 saturated carbocycles. The largest absolute Gasteiger partial charge is 0.451 e. The van der Waals surface area contributed by atoms with Gasteiger partial charge in [-0.2, -0.15) is 0 Å². The zero-order chi connectivity index (χ0) is 20.1. The molecule has 0 saturated heterocycles. The maximum Gasteiger partial charge on any atom is 0.240 e. The molecule has 3 rings (SSSR count). The summed E-state index contributed by atoms with van der Waals surface area (Å²) in [7, 11) is -3.87. The molecular weight excluding hydrogens is 409 g/mol. The van der Waals surface area contributed by atoms with Crippen LogP contribution in [0.15, 0.2) is 58.5 Å². The Morgan fingerprint density at radius 2 is 2.04 bits per heavy atom. The Labute approximate surface area is 165 Å². The van der Waals surface area contributed by atoms with Gasteiger partial charge in [-0.1, -0.05) is 17.7 Å². The second-order valence-electron chi connectivity index (χ2n) is 5.86. The van der Waals surface area contributed by atoms with Gasteiger partial charge in [-0.3, -0.25) is 9.78 Å². The van der Waals surface area contributed by atoms with Crippen molar-refractivity contribution in [3.8, 4) is 0 Å². The molecule has 0 spiro atoms. The minimum Gasteiger partial charge on any atom is -0.451 e. The number of benzene rings is 1. The molecule has 10 heteroatoms. The number of hydrogen-bond donors (Lipinski definition) is 1. The molecule has 0 aliphatic rings. The number of halogens is 2. The molecular formula is C18H15ClFN3O4S. The van der Waals surface area contributed by atoms with Crippen molar-refractivity contribution in [2.24, 2.45) is 0 Å². The summed E-state index contributed by atoms with van der Waals surface area (Å²) in [5, 5.41) is -0.280. The molecule has 28 heavy (non-hydrogen) atoms. The molecule has 0 bridgehead atoms. The zero-order valence-corrected chi connectivity index (χ0v) is 16.0. The maximum absolute atomic E-state index is 13.2. The van der Waals surface area contributed by atoms with Gasteiger partial charge < -0.3 is 4.42 Å². The Balaban J connectivity index is 1.59. The number of carbonyl (C=O) groups excluding carboxylic acids is 1. The van der Waals surface area contributed by atoms with Crippen LogP contribution in [-0.4, -0.2) is 24.2 Å². The van der Waals surface area contributed by atoms with Crippen LogP contribution in [0.25, 0.3) is 0 Å². The number of ketones is 1. The monoisotopic (exact) mass is 423 g/mol. The number of aryl methyl sites for hydroxylation is 1. The van der Waals surface area contributed by atoms with E-state index < -0.39 is 15.8 Å². The molecule has 1 N–H and O–H groups in total. The van der Waals surface area contributed by atoms with E-state index in [1.165, 1.54) is 24.9 Å². The lowest BCUT2D eigenvalue weighted by Gasteiger charge is -2.08. The van der Waals surface area contributed by atoms with E-state index in [9.17, 15) is 17.6 Å². The number of pyridine rings is 1. The van der Waals surface area contributed by atoms with Gasteiger partial charge in [0.25, 0.3) is 0 Å².